The number of nitrogens with one attached hydrogen (secondary N) is 2. The van der Waals surface area contributed by atoms with E-state index in [9.17, 15) is 8.42 Å². The van der Waals surface area contributed by atoms with Crippen molar-refractivity contribution in [3.63, 3.8) is 0 Å². The number of anilines is 1. The van der Waals surface area contributed by atoms with Gasteiger partial charge in [0.15, 0.2) is 0 Å². The summed E-state index contributed by atoms with van der Waals surface area (Å²) in [5, 5.41) is 0. The van der Waals surface area contributed by atoms with Gasteiger partial charge in [-0.15, -0.1) is 16.2 Å². The molecule has 0 fully saturated rings. The van der Waals surface area contributed by atoms with Crippen LogP contribution in [0.25, 0.3) is 0 Å². The number of hydrogen-bond donors (Lipinski definition) is 2. The first-order valence-electron chi connectivity index (χ1n) is 5.53. The molecule has 0 aromatic carbocycles. The van der Waals surface area contributed by atoms with E-state index in [-0.39, 0.29) is 10.2 Å². The molecule has 0 atom stereocenters. The molecule has 0 radical (unpaired) electrons. The van der Waals surface area contributed by atoms with E-state index in [1.165, 1.54) is 11.3 Å². The minimum Gasteiger partial charge on any atom is -0.276 e. The zero-order chi connectivity index (χ0) is 14.0. The molecule has 0 saturated carbocycles. The van der Waals surface area contributed by atoms with Crippen molar-refractivity contribution in [2.24, 2.45) is 0 Å². The van der Waals surface area contributed by atoms with E-state index in [1.807, 2.05) is 26.8 Å². The van der Waals surface area contributed by atoms with Crippen LogP contribution < -0.4 is 10.3 Å². The van der Waals surface area contributed by atoms with Crippen LogP contribution in [0, 0.1) is 20.8 Å². The maximum Gasteiger partial charge on any atom is 0.266 e. The highest BCUT2D eigenvalue weighted by Crippen LogP contribution is 2.20. The standard InChI is InChI=1S/C11H14N4O2S2/c1-7-6-8(2)13-11(12-7)14-15-19(16,17)10-5-4-9(3)18-10/h4-6,15H,1-3H3,(H,12,13,14). The summed E-state index contributed by atoms with van der Waals surface area (Å²) in [6.07, 6.45) is 0. The molecule has 0 bridgehead atoms. The van der Waals surface area contributed by atoms with Crippen molar-refractivity contribution >= 4 is 27.3 Å². The molecule has 2 heterocycles. The Bertz CT molecular complexity index is 674. The Hall–Kier alpha value is -1.51. The molecule has 2 rings (SSSR count). The zero-order valence-corrected chi connectivity index (χ0v) is 12.4. The highest BCUT2D eigenvalue weighted by molar-refractivity contribution is 7.91. The van der Waals surface area contributed by atoms with Crippen molar-refractivity contribution in [1.29, 1.82) is 0 Å². The van der Waals surface area contributed by atoms with Gasteiger partial charge >= 0.3 is 0 Å². The minimum atomic E-state index is -3.59. The summed E-state index contributed by atoms with van der Waals surface area (Å²) >= 11 is 1.20. The van der Waals surface area contributed by atoms with E-state index in [4.69, 9.17) is 0 Å². The van der Waals surface area contributed by atoms with E-state index < -0.39 is 10.0 Å². The van der Waals surface area contributed by atoms with Gasteiger partial charge in [0.25, 0.3) is 10.0 Å². The summed E-state index contributed by atoms with van der Waals surface area (Å²) in [5.74, 6) is 0.231. The quantitative estimate of drug-likeness (QED) is 0.840. The Balaban J connectivity index is 2.14. The molecule has 19 heavy (non-hydrogen) atoms. The van der Waals surface area contributed by atoms with Gasteiger partial charge in [0.05, 0.1) is 0 Å². The smallest absolute Gasteiger partial charge is 0.266 e. The van der Waals surface area contributed by atoms with Gasteiger partial charge in [-0.05, 0) is 39.0 Å². The van der Waals surface area contributed by atoms with Gasteiger partial charge in [-0.1, -0.05) is 0 Å². The zero-order valence-electron chi connectivity index (χ0n) is 10.8. The Kier molecular flexibility index (Phi) is 3.83. The van der Waals surface area contributed by atoms with Crippen molar-refractivity contribution in [2.75, 3.05) is 5.43 Å². The van der Waals surface area contributed by atoms with Gasteiger partial charge in [-0.3, -0.25) is 5.43 Å². The fraction of sp³-hybridized carbons (Fsp3) is 0.273. The Labute approximate surface area is 115 Å². The van der Waals surface area contributed by atoms with E-state index in [0.29, 0.717) is 0 Å². The summed E-state index contributed by atoms with van der Waals surface area (Å²) in [5.41, 5.74) is 4.05. The monoisotopic (exact) mass is 298 g/mol. The van der Waals surface area contributed by atoms with Crippen LogP contribution >= 0.6 is 11.3 Å². The number of hydrazine groups is 1. The predicted molar refractivity (Wildman–Crippen MR) is 74.5 cm³/mol. The molecular weight excluding hydrogens is 284 g/mol. The molecule has 0 spiro atoms. The second-order valence-corrected chi connectivity index (χ2v) is 7.27. The molecule has 0 saturated heterocycles. The molecule has 2 aromatic rings. The first-order valence-corrected chi connectivity index (χ1v) is 7.83. The molecule has 0 amide bonds. The van der Waals surface area contributed by atoms with Crippen LogP contribution in [0.15, 0.2) is 22.4 Å². The van der Waals surface area contributed by atoms with Gasteiger partial charge in [-0.2, -0.15) is 0 Å². The summed E-state index contributed by atoms with van der Waals surface area (Å²) < 4.78 is 24.2. The van der Waals surface area contributed by atoms with Crippen LogP contribution in [-0.2, 0) is 10.0 Å². The highest BCUT2D eigenvalue weighted by atomic mass is 32.2. The van der Waals surface area contributed by atoms with E-state index >= 15 is 0 Å². The third-order valence-electron chi connectivity index (χ3n) is 2.26. The summed E-state index contributed by atoms with van der Waals surface area (Å²) in [7, 11) is -3.59. The van der Waals surface area contributed by atoms with Gasteiger partial charge in [0.1, 0.15) is 4.21 Å². The van der Waals surface area contributed by atoms with Crippen LogP contribution in [-0.4, -0.2) is 18.4 Å². The maximum atomic E-state index is 12.0. The number of sulfonamides is 1. The molecule has 8 heteroatoms. The number of hydrogen-bond acceptors (Lipinski definition) is 6. The lowest BCUT2D eigenvalue weighted by molar-refractivity contribution is 0.589. The van der Waals surface area contributed by atoms with Crippen LogP contribution in [0.2, 0.25) is 0 Å². The van der Waals surface area contributed by atoms with Gasteiger partial charge in [-0.25, -0.2) is 18.4 Å². The summed E-state index contributed by atoms with van der Waals surface area (Å²) in [4.78, 5) is 11.4. The third kappa shape index (κ3) is 3.49. The molecule has 6 nitrogen and oxygen atoms in total. The second kappa shape index (κ2) is 5.24. The van der Waals surface area contributed by atoms with Gasteiger partial charge < -0.3 is 0 Å². The number of aromatic nitrogens is 2. The number of nitrogens with zero attached hydrogens (tertiary/aromatic N) is 2. The number of aryl methyl sites for hydroxylation is 3. The number of rotatable bonds is 4. The largest absolute Gasteiger partial charge is 0.276 e. The van der Waals surface area contributed by atoms with Crippen LogP contribution in [0.4, 0.5) is 5.95 Å². The normalized spacial score (nSPS) is 11.5. The van der Waals surface area contributed by atoms with Crippen LogP contribution in [0.1, 0.15) is 16.3 Å². The van der Waals surface area contributed by atoms with Crippen molar-refractivity contribution < 1.29 is 8.42 Å². The van der Waals surface area contributed by atoms with E-state index in [1.54, 1.807) is 12.1 Å². The summed E-state index contributed by atoms with van der Waals surface area (Å²) in [6, 6.07) is 5.13. The fourth-order valence-electron chi connectivity index (χ4n) is 1.50. The average Bonchev–Trinajstić information content (AvgIpc) is 2.73. The van der Waals surface area contributed by atoms with Crippen molar-refractivity contribution in [3.8, 4) is 0 Å². The summed E-state index contributed by atoms with van der Waals surface area (Å²) in [6.45, 7) is 5.48. The van der Waals surface area contributed by atoms with Gasteiger partial charge in [0.2, 0.25) is 5.95 Å². The molecule has 0 aliphatic rings. The molecular formula is C11H14N4O2S2. The predicted octanol–water partition coefficient (Wildman–Crippen LogP) is 1.77. The van der Waals surface area contributed by atoms with Crippen LogP contribution in [0.5, 0.6) is 0 Å². The minimum absolute atomic E-state index is 0.231. The maximum absolute atomic E-state index is 12.0. The van der Waals surface area contributed by atoms with Crippen molar-refractivity contribution in [1.82, 2.24) is 14.8 Å². The average molecular weight is 298 g/mol. The van der Waals surface area contributed by atoms with Gasteiger partial charge in [0, 0.05) is 16.3 Å². The van der Waals surface area contributed by atoms with Crippen molar-refractivity contribution in [3.05, 3.63) is 34.5 Å². The first-order chi connectivity index (χ1) is 8.87. The Morgan fingerprint density at radius 3 is 2.26 bits per heavy atom. The Morgan fingerprint density at radius 1 is 1.11 bits per heavy atom. The molecule has 0 aliphatic carbocycles. The van der Waals surface area contributed by atoms with Crippen molar-refractivity contribution in [2.45, 2.75) is 25.0 Å². The highest BCUT2D eigenvalue weighted by Gasteiger charge is 2.16. The Morgan fingerprint density at radius 2 is 1.74 bits per heavy atom. The fourth-order valence-corrected chi connectivity index (χ4v) is 3.62. The lowest BCUT2D eigenvalue weighted by atomic mass is 10.4. The molecule has 2 aromatic heterocycles. The first kappa shape index (κ1) is 13.9. The SMILES string of the molecule is Cc1cc(C)nc(NNS(=O)(=O)c2ccc(C)s2)n1. The van der Waals surface area contributed by atoms with E-state index in [2.05, 4.69) is 20.2 Å². The third-order valence-corrected chi connectivity index (χ3v) is 5.00. The lowest BCUT2D eigenvalue weighted by Crippen LogP contribution is -2.30. The van der Waals surface area contributed by atoms with Crippen LogP contribution in [0.3, 0.4) is 0 Å². The molecule has 102 valence electrons. The van der Waals surface area contributed by atoms with E-state index in [0.717, 1.165) is 16.3 Å². The molecule has 0 unspecified atom stereocenters. The molecule has 0 aliphatic heterocycles. The topological polar surface area (TPSA) is 84.0 Å². The molecule has 2 N–H and O–H groups in total. The lowest BCUT2D eigenvalue weighted by Gasteiger charge is -2.07. The number of thiophene rings is 1. The second-order valence-electron chi connectivity index (χ2n) is 4.07.